The molecule has 1 aliphatic rings. The van der Waals surface area contributed by atoms with Crippen molar-refractivity contribution < 1.29 is 14.1 Å². The van der Waals surface area contributed by atoms with Crippen molar-refractivity contribution in [3.63, 3.8) is 0 Å². The average Bonchev–Trinajstić information content (AvgIpc) is 3.14. The maximum atomic E-state index is 12.1. The van der Waals surface area contributed by atoms with Gasteiger partial charge >= 0.3 is 0 Å². The van der Waals surface area contributed by atoms with Crippen molar-refractivity contribution in [2.75, 3.05) is 6.54 Å². The molecule has 1 atom stereocenters. The number of amides is 2. The van der Waals surface area contributed by atoms with Crippen molar-refractivity contribution in [2.45, 2.75) is 38.6 Å². The molecule has 0 bridgehead atoms. The van der Waals surface area contributed by atoms with Gasteiger partial charge in [0.2, 0.25) is 11.8 Å². The fraction of sp³-hybridized carbons (Fsp3) is 0.412. The van der Waals surface area contributed by atoms with Crippen LogP contribution in [0, 0.1) is 0 Å². The Morgan fingerprint density at radius 1 is 1.38 bits per heavy atom. The van der Waals surface area contributed by atoms with Crippen molar-refractivity contribution >= 4 is 11.8 Å². The van der Waals surface area contributed by atoms with Gasteiger partial charge < -0.3 is 15.2 Å². The first-order valence-electron chi connectivity index (χ1n) is 8.03. The number of aromatic nitrogens is 2. The highest BCUT2D eigenvalue weighted by Crippen LogP contribution is 2.27. The van der Waals surface area contributed by atoms with Crippen LogP contribution in [0.4, 0.5) is 0 Å². The smallest absolute Gasteiger partial charge is 0.252 e. The Hall–Kier alpha value is -2.70. The van der Waals surface area contributed by atoms with E-state index >= 15 is 0 Å². The third kappa shape index (κ3) is 3.45. The van der Waals surface area contributed by atoms with Gasteiger partial charge in [-0.15, -0.1) is 0 Å². The Morgan fingerprint density at radius 3 is 2.92 bits per heavy atom. The number of carbonyl (C=O) groups excluding carboxylic acids is 2. The number of nitrogens with one attached hydrogen (secondary N) is 2. The van der Waals surface area contributed by atoms with E-state index < -0.39 is 0 Å². The van der Waals surface area contributed by atoms with Crippen LogP contribution < -0.4 is 10.6 Å². The Bertz CT molecular complexity index is 754. The Kier molecular flexibility index (Phi) is 4.59. The maximum Gasteiger partial charge on any atom is 0.252 e. The monoisotopic (exact) mass is 328 g/mol. The van der Waals surface area contributed by atoms with Gasteiger partial charge in [-0.2, -0.15) is 4.98 Å². The first-order valence-corrected chi connectivity index (χ1v) is 8.03. The summed E-state index contributed by atoms with van der Waals surface area (Å²) < 4.78 is 5.13. The Balaban J connectivity index is 1.49. The van der Waals surface area contributed by atoms with Crippen LogP contribution in [0.3, 0.4) is 0 Å². The van der Waals surface area contributed by atoms with Crippen LogP contribution in [0.25, 0.3) is 0 Å². The molecule has 7 heteroatoms. The van der Waals surface area contributed by atoms with Gasteiger partial charge in [0.1, 0.15) is 0 Å². The molecule has 3 rings (SSSR count). The fourth-order valence-electron chi connectivity index (χ4n) is 2.65. The van der Waals surface area contributed by atoms with Gasteiger partial charge in [-0.3, -0.25) is 9.59 Å². The second-order valence-corrected chi connectivity index (χ2v) is 6.12. The van der Waals surface area contributed by atoms with E-state index in [-0.39, 0.29) is 30.2 Å². The summed E-state index contributed by atoms with van der Waals surface area (Å²) in [6.07, 6.45) is 0.697. The molecule has 7 nitrogen and oxygen atoms in total. The molecular formula is C17H20N4O3. The highest BCUT2D eigenvalue weighted by atomic mass is 16.5. The zero-order chi connectivity index (χ0) is 17.1. The van der Waals surface area contributed by atoms with Gasteiger partial charge in [0.25, 0.3) is 5.91 Å². The van der Waals surface area contributed by atoms with Gasteiger partial charge in [-0.05, 0) is 11.6 Å². The minimum absolute atomic E-state index is 0.124. The summed E-state index contributed by atoms with van der Waals surface area (Å²) >= 11 is 0. The van der Waals surface area contributed by atoms with Crippen LogP contribution in [-0.4, -0.2) is 28.5 Å². The van der Waals surface area contributed by atoms with E-state index in [1.165, 1.54) is 0 Å². The van der Waals surface area contributed by atoms with E-state index in [2.05, 4.69) is 20.8 Å². The molecule has 24 heavy (non-hydrogen) atoms. The molecular weight excluding hydrogens is 308 g/mol. The quantitative estimate of drug-likeness (QED) is 0.841. The van der Waals surface area contributed by atoms with Crippen LogP contribution in [0.5, 0.6) is 0 Å². The highest BCUT2D eigenvalue weighted by molar-refractivity contribution is 5.99. The normalized spacial score (nSPS) is 16.1. The predicted molar refractivity (Wildman–Crippen MR) is 86.4 cm³/mol. The fourth-order valence-corrected chi connectivity index (χ4v) is 2.65. The third-order valence-electron chi connectivity index (χ3n) is 3.94. The van der Waals surface area contributed by atoms with Crippen LogP contribution in [-0.2, 0) is 11.2 Å². The number of hydrogen-bond donors (Lipinski definition) is 2. The molecule has 0 unspecified atom stereocenters. The number of rotatable bonds is 6. The summed E-state index contributed by atoms with van der Waals surface area (Å²) in [5.41, 5.74) is 1.51. The maximum absolute atomic E-state index is 12.1. The van der Waals surface area contributed by atoms with E-state index in [0.717, 1.165) is 5.56 Å². The number of benzene rings is 1. The predicted octanol–water partition coefficient (Wildman–Crippen LogP) is 1.73. The summed E-state index contributed by atoms with van der Waals surface area (Å²) in [6.45, 7) is 4.40. The molecule has 1 aliphatic heterocycles. The lowest BCUT2D eigenvalue weighted by atomic mass is 10.0. The average molecular weight is 328 g/mol. The molecule has 2 heterocycles. The van der Waals surface area contributed by atoms with Crippen LogP contribution in [0.2, 0.25) is 0 Å². The molecule has 0 spiro atoms. The Labute approximate surface area is 139 Å². The van der Waals surface area contributed by atoms with Crippen molar-refractivity contribution in [3.8, 4) is 0 Å². The van der Waals surface area contributed by atoms with Gasteiger partial charge in [0, 0.05) is 24.4 Å². The minimum atomic E-state index is -0.273. The molecule has 0 saturated heterocycles. The number of fused-ring (bicyclic) bond motifs is 1. The van der Waals surface area contributed by atoms with Crippen molar-refractivity contribution in [1.29, 1.82) is 0 Å². The highest BCUT2D eigenvalue weighted by Gasteiger charge is 2.29. The Morgan fingerprint density at radius 2 is 2.17 bits per heavy atom. The zero-order valence-corrected chi connectivity index (χ0v) is 13.7. The minimum Gasteiger partial charge on any atom is -0.356 e. The summed E-state index contributed by atoms with van der Waals surface area (Å²) in [6, 6.07) is 7.05. The molecule has 0 fully saturated rings. The molecule has 1 aromatic carbocycles. The first-order chi connectivity index (χ1) is 11.5. The summed E-state index contributed by atoms with van der Waals surface area (Å²) in [5.74, 6) is 1.14. The van der Waals surface area contributed by atoms with E-state index in [1.54, 1.807) is 6.07 Å². The topological polar surface area (TPSA) is 97.1 Å². The van der Waals surface area contributed by atoms with E-state index in [4.69, 9.17) is 4.52 Å². The van der Waals surface area contributed by atoms with Crippen molar-refractivity contribution in [1.82, 2.24) is 20.8 Å². The van der Waals surface area contributed by atoms with Gasteiger partial charge in [-0.1, -0.05) is 37.2 Å². The lowest BCUT2D eigenvalue weighted by molar-refractivity contribution is -0.121. The number of hydrogen-bond acceptors (Lipinski definition) is 5. The molecule has 2 aromatic rings. The molecule has 2 amide bonds. The first kappa shape index (κ1) is 16.2. The van der Waals surface area contributed by atoms with E-state index in [1.807, 2.05) is 32.0 Å². The number of nitrogens with zero attached hydrogens (tertiary/aromatic N) is 2. The standard InChI is InChI=1S/C17H20N4O3/c1-10(2)16-20-15(24-21-16)7-8-18-14(22)9-13-11-5-3-4-6-12(11)17(23)19-13/h3-6,10,13H,7-9H2,1-2H3,(H,18,22)(H,19,23)/t13-/m0/s1. The number of carbonyl (C=O) groups is 2. The molecule has 0 aliphatic carbocycles. The van der Waals surface area contributed by atoms with E-state index in [9.17, 15) is 9.59 Å². The summed E-state index contributed by atoms with van der Waals surface area (Å²) in [5, 5.41) is 9.54. The summed E-state index contributed by atoms with van der Waals surface area (Å²) in [7, 11) is 0. The third-order valence-corrected chi connectivity index (χ3v) is 3.94. The van der Waals surface area contributed by atoms with Gasteiger partial charge in [-0.25, -0.2) is 0 Å². The van der Waals surface area contributed by atoms with Crippen LogP contribution in [0.1, 0.15) is 59.9 Å². The molecule has 2 N–H and O–H groups in total. The molecule has 0 saturated carbocycles. The SMILES string of the molecule is CC(C)c1noc(CCNC(=O)C[C@@H]2NC(=O)c3ccccc32)n1. The zero-order valence-electron chi connectivity index (χ0n) is 13.7. The van der Waals surface area contributed by atoms with Crippen LogP contribution >= 0.6 is 0 Å². The van der Waals surface area contributed by atoms with Gasteiger partial charge in [0.15, 0.2) is 5.82 Å². The second kappa shape index (κ2) is 6.82. The lowest BCUT2D eigenvalue weighted by Crippen LogP contribution is -2.30. The molecule has 126 valence electrons. The van der Waals surface area contributed by atoms with E-state index in [0.29, 0.717) is 30.2 Å². The van der Waals surface area contributed by atoms with Crippen molar-refractivity contribution in [2.24, 2.45) is 0 Å². The lowest BCUT2D eigenvalue weighted by Gasteiger charge is -2.11. The van der Waals surface area contributed by atoms with Crippen molar-refractivity contribution in [3.05, 3.63) is 47.1 Å². The second-order valence-electron chi connectivity index (χ2n) is 6.12. The molecule has 1 aromatic heterocycles. The van der Waals surface area contributed by atoms with Crippen LogP contribution in [0.15, 0.2) is 28.8 Å². The molecule has 0 radical (unpaired) electrons. The van der Waals surface area contributed by atoms with Gasteiger partial charge in [0.05, 0.1) is 12.5 Å². The largest absolute Gasteiger partial charge is 0.356 e. The summed E-state index contributed by atoms with van der Waals surface area (Å²) in [4.78, 5) is 28.2.